The zero-order valence-corrected chi connectivity index (χ0v) is 15.2. The lowest BCUT2D eigenvalue weighted by Crippen LogP contribution is -2.44. The maximum absolute atomic E-state index is 13.0. The second-order valence-electron chi connectivity index (χ2n) is 6.02. The molecule has 0 radical (unpaired) electrons. The molecule has 1 aromatic carbocycles. The summed E-state index contributed by atoms with van der Waals surface area (Å²) in [5.74, 6) is 1.14. The molecule has 1 unspecified atom stereocenters. The lowest BCUT2D eigenvalue weighted by Gasteiger charge is -2.33. The summed E-state index contributed by atoms with van der Waals surface area (Å²) in [7, 11) is 3.08. The van der Waals surface area contributed by atoms with E-state index in [0.29, 0.717) is 30.2 Å². The number of amides is 1. The second kappa shape index (κ2) is 8.36. The quantitative estimate of drug-likeness (QED) is 0.796. The summed E-state index contributed by atoms with van der Waals surface area (Å²) in [4.78, 5) is 22.7. The van der Waals surface area contributed by atoms with Gasteiger partial charge in [-0.15, -0.1) is 0 Å². The minimum absolute atomic E-state index is 0.137. The molecule has 2 heterocycles. The number of likely N-dealkylation sites (tertiary alicyclic amines) is 1. The summed E-state index contributed by atoms with van der Waals surface area (Å²) in [5, 5.41) is 9.12. The molecule has 0 saturated carbocycles. The molecule has 0 spiro atoms. The third-order valence-corrected chi connectivity index (χ3v) is 4.35. The Morgan fingerprint density at radius 1 is 1.26 bits per heavy atom. The molecule has 1 atom stereocenters. The molecule has 1 saturated heterocycles. The van der Waals surface area contributed by atoms with Crippen molar-refractivity contribution in [3.05, 3.63) is 41.9 Å². The fourth-order valence-electron chi connectivity index (χ4n) is 3.01. The normalized spacial score (nSPS) is 16.3. The zero-order valence-electron chi connectivity index (χ0n) is 15.2. The van der Waals surface area contributed by atoms with Crippen LogP contribution >= 0.6 is 0 Å². The maximum Gasteiger partial charge on any atom is 0.257 e. The van der Waals surface area contributed by atoms with Gasteiger partial charge in [-0.3, -0.25) is 4.79 Å². The second-order valence-corrected chi connectivity index (χ2v) is 6.02. The molecule has 140 valence electrons. The number of nitriles is 1. The Morgan fingerprint density at radius 2 is 2.07 bits per heavy atom. The molecule has 3 rings (SSSR count). The van der Waals surface area contributed by atoms with Gasteiger partial charge < -0.3 is 19.1 Å². The van der Waals surface area contributed by atoms with Crippen LogP contribution in [0.1, 0.15) is 28.9 Å². The van der Waals surface area contributed by atoms with E-state index in [2.05, 4.69) is 9.97 Å². The predicted molar refractivity (Wildman–Crippen MR) is 95.8 cm³/mol. The highest BCUT2D eigenvalue weighted by molar-refractivity contribution is 5.97. The summed E-state index contributed by atoms with van der Waals surface area (Å²) >= 11 is 0. The van der Waals surface area contributed by atoms with Gasteiger partial charge in [-0.1, -0.05) is 0 Å². The van der Waals surface area contributed by atoms with Gasteiger partial charge >= 0.3 is 0 Å². The highest BCUT2D eigenvalue weighted by Gasteiger charge is 2.28. The summed E-state index contributed by atoms with van der Waals surface area (Å²) < 4.78 is 16.4. The largest absolute Gasteiger partial charge is 0.497 e. The maximum atomic E-state index is 13.0. The van der Waals surface area contributed by atoms with E-state index in [1.165, 1.54) is 19.5 Å². The summed E-state index contributed by atoms with van der Waals surface area (Å²) in [6.45, 7) is 1.02. The lowest BCUT2D eigenvalue weighted by atomic mass is 10.1. The molecule has 8 heteroatoms. The first-order valence-corrected chi connectivity index (χ1v) is 8.55. The van der Waals surface area contributed by atoms with Crippen LogP contribution in [0.3, 0.4) is 0 Å². The first kappa shape index (κ1) is 18.5. The van der Waals surface area contributed by atoms with Gasteiger partial charge in [-0.05, 0) is 25.0 Å². The van der Waals surface area contributed by atoms with Crippen LogP contribution in [0.15, 0.2) is 30.6 Å². The van der Waals surface area contributed by atoms with Crippen molar-refractivity contribution in [3.8, 4) is 23.4 Å². The van der Waals surface area contributed by atoms with Crippen LogP contribution in [-0.4, -0.2) is 54.2 Å². The Bertz CT molecular complexity index is 865. The van der Waals surface area contributed by atoms with Crippen molar-refractivity contribution in [1.29, 1.82) is 5.26 Å². The van der Waals surface area contributed by atoms with Crippen LogP contribution in [0, 0.1) is 11.3 Å². The number of benzene rings is 1. The van der Waals surface area contributed by atoms with Gasteiger partial charge in [0, 0.05) is 25.0 Å². The van der Waals surface area contributed by atoms with Gasteiger partial charge in [0.25, 0.3) is 11.8 Å². The molecule has 1 fully saturated rings. The number of ether oxygens (including phenoxy) is 3. The Hall–Kier alpha value is -3.34. The van der Waals surface area contributed by atoms with E-state index in [1.807, 2.05) is 6.07 Å². The van der Waals surface area contributed by atoms with E-state index in [-0.39, 0.29) is 23.6 Å². The molecule has 0 bridgehead atoms. The molecule has 8 nitrogen and oxygen atoms in total. The van der Waals surface area contributed by atoms with Crippen molar-refractivity contribution >= 4 is 5.91 Å². The molecule has 27 heavy (non-hydrogen) atoms. The van der Waals surface area contributed by atoms with E-state index in [4.69, 9.17) is 19.5 Å². The summed E-state index contributed by atoms with van der Waals surface area (Å²) in [6, 6.07) is 7.07. The molecule has 1 aliphatic rings. The minimum Gasteiger partial charge on any atom is -0.497 e. The Morgan fingerprint density at radius 3 is 2.81 bits per heavy atom. The Balaban J connectivity index is 1.74. The number of carbonyl (C=O) groups excluding carboxylic acids is 1. The number of methoxy groups -OCH3 is 2. The van der Waals surface area contributed by atoms with Crippen LogP contribution in [0.2, 0.25) is 0 Å². The first-order chi connectivity index (χ1) is 13.2. The van der Waals surface area contributed by atoms with Gasteiger partial charge in [-0.25, -0.2) is 9.97 Å². The number of hydrogen-bond acceptors (Lipinski definition) is 7. The number of aromatic nitrogens is 2. The fourth-order valence-corrected chi connectivity index (χ4v) is 3.01. The van der Waals surface area contributed by atoms with Crippen LogP contribution < -0.4 is 14.2 Å². The van der Waals surface area contributed by atoms with E-state index >= 15 is 0 Å². The highest BCUT2D eigenvalue weighted by atomic mass is 16.5. The van der Waals surface area contributed by atoms with Crippen LogP contribution in [-0.2, 0) is 0 Å². The Labute approximate surface area is 157 Å². The van der Waals surface area contributed by atoms with Crippen molar-refractivity contribution in [2.45, 2.75) is 18.9 Å². The molecule has 2 aromatic rings. The van der Waals surface area contributed by atoms with E-state index in [1.54, 1.807) is 30.2 Å². The monoisotopic (exact) mass is 368 g/mol. The number of carbonyl (C=O) groups is 1. The average Bonchev–Trinajstić information content (AvgIpc) is 2.73. The molecule has 1 aliphatic heterocycles. The standard InChI is InChI=1S/C19H20N4O4/c1-25-13-5-6-15(17(10-13)26-2)19(24)23-9-3-4-14(12-23)27-18-16(11-20)21-7-8-22-18/h5-8,10,14H,3-4,9,12H2,1-2H3. The van der Waals surface area contributed by atoms with Crippen LogP contribution in [0.4, 0.5) is 0 Å². The molecule has 0 aliphatic carbocycles. The molecule has 1 amide bonds. The van der Waals surface area contributed by atoms with Crippen molar-refractivity contribution in [1.82, 2.24) is 14.9 Å². The van der Waals surface area contributed by atoms with E-state index in [9.17, 15) is 4.79 Å². The smallest absolute Gasteiger partial charge is 0.257 e. The number of nitrogens with zero attached hydrogens (tertiary/aromatic N) is 4. The predicted octanol–water partition coefficient (Wildman–Crippen LogP) is 2.05. The van der Waals surface area contributed by atoms with Gasteiger partial charge in [0.15, 0.2) is 0 Å². The van der Waals surface area contributed by atoms with Crippen LogP contribution in [0.5, 0.6) is 17.4 Å². The van der Waals surface area contributed by atoms with Crippen molar-refractivity contribution < 1.29 is 19.0 Å². The summed E-state index contributed by atoms with van der Waals surface area (Å²) in [5.41, 5.74) is 0.606. The summed E-state index contributed by atoms with van der Waals surface area (Å²) in [6.07, 6.45) is 4.22. The third-order valence-electron chi connectivity index (χ3n) is 4.35. The minimum atomic E-state index is -0.254. The van der Waals surface area contributed by atoms with Gasteiger partial charge in [0.05, 0.1) is 26.3 Å². The fraction of sp³-hybridized carbons (Fsp3) is 0.368. The third kappa shape index (κ3) is 4.08. The Kier molecular flexibility index (Phi) is 5.71. The number of rotatable bonds is 5. The molecular weight excluding hydrogens is 348 g/mol. The van der Waals surface area contributed by atoms with Crippen molar-refractivity contribution in [3.63, 3.8) is 0 Å². The molecule has 0 N–H and O–H groups in total. The van der Waals surface area contributed by atoms with Crippen LogP contribution in [0.25, 0.3) is 0 Å². The number of hydrogen-bond donors (Lipinski definition) is 0. The van der Waals surface area contributed by atoms with Gasteiger partial charge in [0.1, 0.15) is 23.7 Å². The highest BCUT2D eigenvalue weighted by Crippen LogP contribution is 2.27. The molecular formula is C19H20N4O4. The van der Waals surface area contributed by atoms with Gasteiger partial charge in [0.2, 0.25) is 5.69 Å². The average molecular weight is 368 g/mol. The number of piperidine rings is 1. The lowest BCUT2D eigenvalue weighted by molar-refractivity contribution is 0.0523. The van der Waals surface area contributed by atoms with E-state index < -0.39 is 0 Å². The zero-order chi connectivity index (χ0) is 19.2. The first-order valence-electron chi connectivity index (χ1n) is 8.55. The SMILES string of the molecule is COc1ccc(C(=O)N2CCCC(Oc3nccnc3C#N)C2)c(OC)c1. The van der Waals surface area contributed by atoms with Gasteiger partial charge in [-0.2, -0.15) is 5.26 Å². The van der Waals surface area contributed by atoms with Crippen molar-refractivity contribution in [2.24, 2.45) is 0 Å². The molecule has 1 aromatic heterocycles. The van der Waals surface area contributed by atoms with Crippen molar-refractivity contribution in [2.75, 3.05) is 27.3 Å². The topological polar surface area (TPSA) is 97.6 Å². The van der Waals surface area contributed by atoms with E-state index in [0.717, 1.165) is 12.8 Å².